The Morgan fingerprint density at radius 1 is 1.12 bits per heavy atom. The fraction of sp³-hybridized carbons (Fsp3) is 0.143. The van der Waals surface area contributed by atoms with E-state index in [2.05, 4.69) is 4.37 Å². The normalized spacial score (nSPS) is 11.6. The first-order chi connectivity index (χ1) is 15.6. The molecule has 0 fully saturated rings. The summed E-state index contributed by atoms with van der Waals surface area (Å²) in [5.41, 5.74) is -2.27. The quantitative estimate of drug-likeness (QED) is 0.473. The fourth-order valence-corrected chi connectivity index (χ4v) is 4.04. The number of halogens is 3. The Morgan fingerprint density at radius 3 is 2.45 bits per heavy atom. The summed E-state index contributed by atoms with van der Waals surface area (Å²) in [4.78, 5) is 35.6. The second-order valence-electron chi connectivity index (χ2n) is 6.96. The van der Waals surface area contributed by atoms with E-state index in [0.29, 0.717) is 37.6 Å². The van der Waals surface area contributed by atoms with Gasteiger partial charge in [-0.25, -0.2) is 14.2 Å². The Hall–Kier alpha value is -3.93. The third-order valence-electron chi connectivity index (χ3n) is 4.81. The minimum atomic E-state index is -4.85. The van der Waals surface area contributed by atoms with Crippen LogP contribution in [0.4, 0.5) is 13.2 Å². The Balaban J connectivity index is 1.79. The monoisotopic (exact) mass is 477 g/mol. The van der Waals surface area contributed by atoms with Crippen LogP contribution >= 0.6 is 11.5 Å². The lowest BCUT2D eigenvalue weighted by Gasteiger charge is -2.14. The molecule has 0 aliphatic heterocycles. The van der Waals surface area contributed by atoms with E-state index in [9.17, 15) is 27.6 Å². The molecule has 4 rings (SSSR count). The van der Waals surface area contributed by atoms with Crippen LogP contribution in [0, 0.1) is 0 Å². The predicted molar refractivity (Wildman–Crippen MR) is 114 cm³/mol. The van der Waals surface area contributed by atoms with E-state index < -0.39 is 35.7 Å². The van der Waals surface area contributed by atoms with Gasteiger partial charge in [0.1, 0.15) is 11.4 Å². The van der Waals surface area contributed by atoms with Crippen LogP contribution in [-0.2, 0) is 18.0 Å². The molecule has 0 amide bonds. The molecule has 0 radical (unpaired) electrons. The number of fused-ring (bicyclic) bond motifs is 1. The van der Waals surface area contributed by atoms with Gasteiger partial charge in [-0.1, -0.05) is 0 Å². The lowest BCUT2D eigenvalue weighted by molar-refractivity contribution is -0.144. The van der Waals surface area contributed by atoms with Gasteiger partial charge in [0.2, 0.25) is 0 Å². The van der Waals surface area contributed by atoms with Crippen molar-refractivity contribution < 1.29 is 27.8 Å². The van der Waals surface area contributed by atoms with Gasteiger partial charge in [-0.3, -0.25) is 9.36 Å². The molecule has 8 nitrogen and oxygen atoms in total. The van der Waals surface area contributed by atoms with Gasteiger partial charge in [-0.15, -0.1) is 0 Å². The summed E-state index contributed by atoms with van der Waals surface area (Å²) in [6.07, 6.45) is -4.85. The van der Waals surface area contributed by atoms with Gasteiger partial charge < -0.3 is 9.84 Å². The highest BCUT2D eigenvalue weighted by molar-refractivity contribution is 7.13. The molecule has 0 aliphatic rings. The zero-order chi connectivity index (χ0) is 23.9. The van der Waals surface area contributed by atoms with Crippen LogP contribution < -0.4 is 16.0 Å². The van der Waals surface area contributed by atoms with Crippen LogP contribution in [0.1, 0.15) is 5.69 Å². The zero-order valence-electron chi connectivity index (χ0n) is 16.8. The molecule has 12 heteroatoms. The van der Waals surface area contributed by atoms with E-state index in [-0.39, 0.29) is 5.69 Å². The number of alkyl halides is 3. The van der Waals surface area contributed by atoms with Crippen LogP contribution in [0.15, 0.2) is 58.1 Å². The average Bonchev–Trinajstić information content (AvgIpc) is 3.18. The molecular weight excluding hydrogens is 463 g/mol. The molecule has 33 heavy (non-hydrogen) atoms. The summed E-state index contributed by atoms with van der Waals surface area (Å²) in [6.45, 7) is -0.487. The van der Waals surface area contributed by atoms with Gasteiger partial charge in [0.25, 0.3) is 5.56 Å². The molecule has 2 aromatic heterocycles. The van der Waals surface area contributed by atoms with Crippen molar-refractivity contribution in [1.82, 2.24) is 13.5 Å². The number of rotatable bonds is 5. The highest BCUT2D eigenvalue weighted by atomic mass is 32.1. The smallest absolute Gasteiger partial charge is 0.431 e. The van der Waals surface area contributed by atoms with Gasteiger partial charge in [0.15, 0.2) is 6.61 Å². The highest BCUT2D eigenvalue weighted by Gasteiger charge is 2.35. The number of benzene rings is 2. The number of carbonyl (C=O) groups is 1. The molecule has 2 aromatic carbocycles. The topological polar surface area (TPSA) is 103 Å². The van der Waals surface area contributed by atoms with Crippen molar-refractivity contribution in [3.05, 3.63) is 75.1 Å². The molecule has 0 spiro atoms. The van der Waals surface area contributed by atoms with Gasteiger partial charge in [0, 0.05) is 24.1 Å². The molecule has 2 heterocycles. The molecule has 0 saturated carbocycles. The van der Waals surface area contributed by atoms with Crippen molar-refractivity contribution in [1.29, 1.82) is 0 Å². The number of ether oxygens (including phenoxy) is 1. The van der Waals surface area contributed by atoms with Crippen molar-refractivity contribution in [2.75, 3.05) is 6.61 Å². The highest BCUT2D eigenvalue weighted by Crippen LogP contribution is 2.33. The van der Waals surface area contributed by atoms with Gasteiger partial charge in [-0.05, 0) is 54.0 Å². The minimum Gasteiger partial charge on any atom is -0.482 e. The third kappa shape index (κ3) is 4.24. The Kier molecular flexibility index (Phi) is 5.54. The number of aromatic nitrogens is 3. The maximum absolute atomic E-state index is 13.1. The van der Waals surface area contributed by atoms with Crippen LogP contribution in [0.2, 0.25) is 0 Å². The average molecular weight is 477 g/mol. The van der Waals surface area contributed by atoms with E-state index in [1.54, 1.807) is 30.3 Å². The standard InChI is InChI=1S/C21H14F3N3O5S/c1-26-16(21(22,23)24)9-17(28)27(20(26)31)12-4-7-15-14(8-12)19(25-33-15)11-2-5-13(6-3-11)32-10-18(29)30/h2-9H,10H2,1H3,(H,29,30). The van der Waals surface area contributed by atoms with E-state index in [1.807, 2.05) is 0 Å². The van der Waals surface area contributed by atoms with Crippen molar-refractivity contribution >= 4 is 27.6 Å². The first kappa shape index (κ1) is 22.3. The fourth-order valence-electron chi connectivity index (χ4n) is 3.26. The molecular formula is C21H14F3N3O5S. The van der Waals surface area contributed by atoms with Gasteiger partial charge >= 0.3 is 17.8 Å². The number of carboxylic acids is 1. The first-order valence-corrected chi connectivity index (χ1v) is 10.1. The number of carboxylic acid groups (broad SMARTS) is 1. The van der Waals surface area contributed by atoms with E-state index in [1.165, 1.54) is 23.7 Å². The number of aliphatic carboxylic acids is 1. The second-order valence-corrected chi connectivity index (χ2v) is 7.77. The van der Waals surface area contributed by atoms with E-state index >= 15 is 0 Å². The van der Waals surface area contributed by atoms with Crippen LogP contribution in [0.25, 0.3) is 27.0 Å². The summed E-state index contributed by atoms with van der Waals surface area (Å²) in [5.74, 6) is -0.761. The van der Waals surface area contributed by atoms with Crippen LogP contribution in [0.5, 0.6) is 5.75 Å². The van der Waals surface area contributed by atoms with Gasteiger partial charge in [0.05, 0.1) is 16.1 Å². The summed E-state index contributed by atoms with van der Waals surface area (Å²) in [7, 11) is 0.950. The number of hydrogen-bond acceptors (Lipinski definition) is 6. The SMILES string of the molecule is Cn1c(C(F)(F)F)cc(=O)n(-c2ccc3snc(-c4ccc(OCC(=O)O)cc4)c3c2)c1=O. The van der Waals surface area contributed by atoms with Crippen molar-refractivity contribution in [2.24, 2.45) is 7.05 Å². The zero-order valence-corrected chi connectivity index (χ0v) is 17.6. The summed E-state index contributed by atoms with van der Waals surface area (Å²) < 4.78 is 50.6. The van der Waals surface area contributed by atoms with Crippen LogP contribution in [0.3, 0.4) is 0 Å². The predicted octanol–water partition coefficient (Wildman–Crippen LogP) is 3.30. The number of nitrogens with zero attached hydrogens (tertiary/aromatic N) is 3. The Bertz CT molecular complexity index is 1490. The molecule has 0 aliphatic carbocycles. The third-order valence-corrected chi connectivity index (χ3v) is 5.64. The van der Waals surface area contributed by atoms with E-state index in [4.69, 9.17) is 9.84 Å². The lowest BCUT2D eigenvalue weighted by Crippen LogP contribution is -2.40. The Labute approximate surface area is 186 Å². The second kappa shape index (κ2) is 8.20. The van der Waals surface area contributed by atoms with Gasteiger partial charge in [-0.2, -0.15) is 17.5 Å². The van der Waals surface area contributed by atoms with Crippen molar-refractivity contribution in [3.8, 4) is 22.7 Å². The molecule has 170 valence electrons. The minimum absolute atomic E-state index is 0.102. The molecule has 0 bridgehead atoms. The Morgan fingerprint density at radius 2 is 1.82 bits per heavy atom. The van der Waals surface area contributed by atoms with Crippen molar-refractivity contribution in [2.45, 2.75) is 6.18 Å². The van der Waals surface area contributed by atoms with Crippen molar-refractivity contribution in [3.63, 3.8) is 0 Å². The summed E-state index contributed by atoms with van der Waals surface area (Å²) >= 11 is 1.17. The summed E-state index contributed by atoms with van der Waals surface area (Å²) in [5, 5.41) is 9.28. The maximum Gasteiger partial charge on any atom is 0.431 e. The largest absolute Gasteiger partial charge is 0.482 e. The molecule has 4 aromatic rings. The van der Waals surface area contributed by atoms with Crippen LogP contribution in [-0.4, -0.2) is 31.2 Å². The van der Waals surface area contributed by atoms with E-state index in [0.717, 1.165) is 11.7 Å². The summed E-state index contributed by atoms with van der Waals surface area (Å²) in [6, 6.07) is 11.5. The molecule has 0 unspecified atom stereocenters. The maximum atomic E-state index is 13.1. The molecule has 0 atom stereocenters. The molecule has 0 saturated heterocycles. The first-order valence-electron chi connectivity index (χ1n) is 9.31. The number of hydrogen-bond donors (Lipinski definition) is 1. The molecule has 1 N–H and O–H groups in total. The lowest BCUT2D eigenvalue weighted by atomic mass is 10.1.